The lowest BCUT2D eigenvalue weighted by Crippen LogP contribution is -2.70. The smallest absolute Gasteiger partial charge is 0.220 e. The Morgan fingerprint density at radius 2 is 1.83 bits per heavy atom. The Balaban J connectivity index is 2.23. The molecule has 5 unspecified atom stereocenters. The maximum absolute atomic E-state index is 12.6. The Bertz CT molecular complexity index is 664. The lowest BCUT2D eigenvalue weighted by molar-refractivity contribution is -0.327. The summed E-state index contributed by atoms with van der Waals surface area (Å²) >= 11 is 0. The van der Waals surface area contributed by atoms with Gasteiger partial charge >= 0.3 is 0 Å². The van der Waals surface area contributed by atoms with Crippen LogP contribution < -0.4 is 5.32 Å². The van der Waals surface area contributed by atoms with E-state index in [0.29, 0.717) is 12.3 Å². The molecule has 2 rings (SSSR count). The molecule has 0 spiro atoms. The van der Waals surface area contributed by atoms with Gasteiger partial charge in [0, 0.05) is 23.5 Å². The van der Waals surface area contributed by atoms with E-state index in [1.54, 1.807) is 0 Å². The summed E-state index contributed by atoms with van der Waals surface area (Å²) < 4.78 is 0. The van der Waals surface area contributed by atoms with Crippen LogP contribution in [0.25, 0.3) is 0 Å². The Morgan fingerprint density at radius 1 is 1.17 bits per heavy atom. The summed E-state index contributed by atoms with van der Waals surface area (Å²) in [7, 11) is 0. The number of carbonyl (C=O) groups is 1. The first-order valence-electron chi connectivity index (χ1n) is 12.0. The molecule has 1 saturated heterocycles. The molecule has 5 atom stereocenters. The SMILES string of the molecule is CCCCCC(=O)NC1CC(C)(CC)N(OC(C)c2ccccc2)C(C)(CC)C1C. The molecule has 1 aromatic carbocycles. The number of nitrogens with one attached hydrogen (secondary N) is 1. The second-order valence-corrected chi connectivity index (χ2v) is 9.64. The highest BCUT2D eigenvalue weighted by atomic mass is 16.7. The summed E-state index contributed by atoms with van der Waals surface area (Å²) in [4.78, 5) is 19.3. The molecule has 0 radical (unpaired) electrons. The second kappa shape index (κ2) is 10.8. The summed E-state index contributed by atoms with van der Waals surface area (Å²) in [5.41, 5.74) is 0.892. The van der Waals surface area contributed by atoms with E-state index < -0.39 is 0 Å². The van der Waals surface area contributed by atoms with Crippen LogP contribution in [0, 0.1) is 5.92 Å². The van der Waals surface area contributed by atoms with E-state index in [-0.39, 0.29) is 29.1 Å². The van der Waals surface area contributed by atoms with E-state index in [1.165, 1.54) is 5.56 Å². The molecule has 0 saturated carbocycles. The zero-order valence-electron chi connectivity index (χ0n) is 20.3. The first-order valence-corrected chi connectivity index (χ1v) is 12.0. The van der Waals surface area contributed by atoms with Crippen molar-refractivity contribution in [2.24, 2.45) is 5.92 Å². The first-order chi connectivity index (χ1) is 14.2. The van der Waals surface area contributed by atoms with Crippen molar-refractivity contribution >= 4 is 5.91 Å². The minimum atomic E-state index is -0.159. The predicted molar refractivity (Wildman–Crippen MR) is 125 cm³/mol. The van der Waals surface area contributed by atoms with Crippen LogP contribution in [-0.4, -0.2) is 28.1 Å². The van der Waals surface area contributed by atoms with Crippen molar-refractivity contribution in [3.05, 3.63) is 35.9 Å². The van der Waals surface area contributed by atoms with Crippen molar-refractivity contribution in [1.82, 2.24) is 10.4 Å². The zero-order valence-corrected chi connectivity index (χ0v) is 20.3. The van der Waals surface area contributed by atoms with Gasteiger partial charge in [-0.1, -0.05) is 70.9 Å². The summed E-state index contributed by atoms with van der Waals surface area (Å²) in [6.07, 6.45) is 6.69. The molecule has 0 aliphatic carbocycles. The number of nitrogens with zero attached hydrogens (tertiary/aromatic N) is 1. The van der Waals surface area contributed by atoms with Crippen molar-refractivity contribution in [3.8, 4) is 0 Å². The summed E-state index contributed by atoms with van der Waals surface area (Å²) in [5, 5.41) is 5.68. The van der Waals surface area contributed by atoms with Gasteiger partial charge in [0.25, 0.3) is 0 Å². The van der Waals surface area contributed by atoms with Crippen LogP contribution >= 0.6 is 0 Å². The van der Waals surface area contributed by atoms with Gasteiger partial charge in [-0.3, -0.25) is 9.63 Å². The summed E-state index contributed by atoms with van der Waals surface area (Å²) in [6, 6.07) is 10.6. The van der Waals surface area contributed by atoms with E-state index in [4.69, 9.17) is 4.84 Å². The summed E-state index contributed by atoms with van der Waals surface area (Å²) in [5.74, 6) is 0.490. The molecule has 4 nitrogen and oxygen atoms in total. The van der Waals surface area contributed by atoms with Gasteiger partial charge in [-0.05, 0) is 57.9 Å². The lowest BCUT2D eigenvalue weighted by Gasteiger charge is -2.60. The average Bonchev–Trinajstić information content (AvgIpc) is 2.75. The Kier molecular flexibility index (Phi) is 8.93. The second-order valence-electron chi connectivity index (χ2n) is 9.64. The molecule has 1 N–H and O–H groups in total. The van der Waals surface area contributed by atoms with E-state index in [9.17, 15) is 4.79 Å². The Hall–Kier alpha value is -1.39. The molecule has 30 heavy (non-hydrogen) atoms. The molecule has 4 heteroatoms. The maximum atomic E-state index is 12.6. The molecule has 1 aliphatic rings. The highest BCUT2D eigenvalue weighted by Gasteiger charge is 2.54. The third-order valence-electron chi connectivity index (χ3n) is 7.56. The van der Waals surface area contributed by atoms with E-state index >= 15 is 0 Å². The van der Waals surface area contributed by atoms with Gasteiger partial charge in [-0.2, -0.15) is 5.06 Å². The zero-order chi connectivity index (χ0) is 22.4. The molecule has 1 aromatic rings. The monoisotopic (exact) mass is 416 g/mol. The third-order valence-corrected chi connectivity index (χ3v) is 7.56. The molecular weight excluding hydrogens is 372 g/mol. The van der Waals surface area contributed by atoms with Gasteiger partial charge in [0.05, 0.1) is 0 Å². The van der Waals surface area contributed by atoms with E-state index in [0.717, 1.165) is 38.5 Å². The van der Waals surface area contributed by atoms with Crippen LogP contribution in [0.15, 0.2) is 30.3 Å². The van der Waals surface area contributed by atoms with Gasteiger partial charge in [0.15, 0.2) is 0 Å². The molecule has 170 valence electrons. The van der Waals surface area contributed by atoms with Crippen LogP contribution in [0.4, 0.5) is 0 Å². The Morgan fingerprint density at radius 3 is 2.40 bits per heavy atom. The van der Waals surface area contributed by atoms with Crippen molar-refractivity contribution < 1.29 is 9.63 Å². The quantitative estimate of drug-likeness (QED) is 0.447. The topological polar surface area (TPSA) is 41.6 Å². The van der Waals surface area contributed by atoms with Crippen molar-refractivity contribution in [1.29, 1.82) is 0 Å². The highest BCUT2D eigenvalue weighted by Crippen LogP contribution is 2.47. The largest absolute Gasteiger partial charge is 0.353 e. The van der Waals surface area contributed by atoms with Crippen LogP contribution in [0.2, 0.25) is 0 Å². The fourth-order valence-corrected chi connectivity index (χ4v) is 4.90. The van der Waals surface area contributed by atoms with Gasteiger partial charge in [0.2, 0.25) is 5.91 Å². The van der Waals surface area contributed by atoms with E-state index in [2.05, 4.69) is 83.1 Å². The number of unbranched alkanes of at least 4 members (excludes halogenated alkanes) is 2. The number of amides is 1. The lowest BCUT2D eigenvalue weighted by atomic mass is 9.68. The van der Waals surface area contributed by atoms with Gasteiger partial charge in [-0.15, -0.1) is 0 Å². The molecule has 0 bridgehead atoms. The molecule has 1 heterocycles. The third kappa shape index (κ3) is 5.45. The minimum Gasteiger partial charge on any atom is -0.353 e. The minimum absolute atomic E-state index is 0.0182. The number of piperidine rings is 1. The fraction of sp³-hybridized carbons (Fsp3) is 0.731. The fourth-order valence-electron chi connectivity index (χ4n) is 4.90. The summed E-state index contributed by atoms with van der Waals surface area (Å²) in [6.45, 7) is 15.6. The normalized spacial score (nSPS) is 30.8. The first kappa shape index (κ1) is 24.9. The van der Waals surface area contributed by atoms with Crippen LogP contribution in [0.3, 0.4) is 0 Å². The van der Waals surface area contributed by atoms with Crippen LogP contribution in [-0.2, 0) is 9.63 Å². The predicted octanol–water partition coefficient (Wildman–Crippen LogP) is 6.42. The molecular formula is C26H44N2O2. The van der Waals surface area contributed by atoms with Crippen LogP contribution in [0.1, 0.15) is 105 Å². The molecule has 1 fully saturated rings. The van der Waals surface area contributed by atoms with E-state index in [1.807, 2.05) is 6.07 Å². The Labute approximate surface area is 184 Å². The standard InChI is InChI=1S/C26H44N2O2/c1-8-11-13-18-24(29)27-23-19-25(6,9-2)28(26(7,10-3)20(23)4)30-21(5)22-16-14-12-15-17-22/h12,14-17,20-21,23H,8-11,13,18-19H2,1-7H3,(H,27,29). The number of hydrogen-bond acceptors (Lipinski definition) is 3. The van der Waals surface area contributed by atoms with Gasteiger partial charge in [-0.25, -0.2) is 0 Å². The number of hydrogen-bond donors (Lipinski definition) is 1. The number of hydroxylamine groups is 2. The number of carbonyl (C=O) groups excluding carboxylic acids is 1. The van der Waals surface area contributed by atoms with Crippen molar-refractivity contribution in [3.63, 3.8) is 0 Å². The van der Waals surface area contributed by atoms with Crippen LogP contribution in [0.5, 0.6) is 0 Å². The van der Waals surface area contributed by atoms with Crippen molar-refractivity contribution in [2.45, 2.75) is 117 Å². The average molecular weight is 417 g/mol. The highest BCUT2D eigenvalue weighted by molar-refractivity contribution is 5.76. The molecule has 0 aromatic heterocycles. The number of rotatable bonds is 10. The van der Waals surface area contributed by atoms with Gasteiger partial charge in [0.1, 0.15) is 6.10 Å². The van der Waals surface area contributed by atoms with Crippen molar-refractivity contribution in [2.75, 3.05) is 0 Å². The molecule has 1 amide bonds. The van der Waals surface area contributed by atoms with Gasteiger partial charge < -0.3 is 5.32 Å². The maximum Gasteiger partial charge on any atom is 0.220 e. The number of benzene rings is 1. The molecule has 1 aliphatic heterocycles.